The van der Waals surface area contributed by atoms with E-state index in [2.05, 4.69) is 31.9 Å². The highest BCUT2D eigenvalue weighted by Gasteiger charge is 2.43. The fourth-order valence-corrected chi connectivity index (χ4v) is 5.58. The van der Waals surface area contributed by atoms with E-state index < -0.39 is 22.8 Å². The Bertz CT molecular complexity index is 1630. The van der Waals surface area contributed by atoms with Crippen molar-refractivity contribution in [3.8, 4) is 5.75 Å². The third-order valence-electron chi connectivity index (χ3n) is 6.15. The average Bonchev–Trinajstić information content (AvgIpc) is 2.96. The Morgan fingerprint density at radius 3 is 1.83 bits per heavy atom. The number of imide groups is 2. The van der Waals surface area contributed by atoms with Crippen LogP contribution in [-0.2, 0) is 16.2 Å². The van der Waals surface area contributed by atoms with E-state index in [0.29, 0.717) is 37.2 Å². The number of hydrogen-bond acceptors (Lipinski definition) is 6. The lowest BCUT2D eigenvalue weighted by atomic mass is 10.0. The fraction of sp³-hybridized carbons (Fsp3) is 0.0333. The van der Waals surface area contributed by atoms with Crippen molar-refractivity contribution in [2.45, 2.75) is 6.61 Å². The number of carbonyl (C=O) groups excluding carboxylic acids is 3. The normalized spacial score (nSPS) is 13.4. The summed E-state index contributed by atoms with van der Waals surface area (Å²) in [5, 5.41) is 11.0. The van der Waals surface area contributed by atoms with E-state index in [1.165, 1.54) is 18.2 Å². The maximum Gasteiger partial charge on any atom is 0.343 e. The number of hydrogen-bond donors (Lipinski definition) is 0. The van der Waals surface area contributed by atoms with Crippen molar-refractivity contribution in [1.82, 2.24) is 0 Å². The van der Waals surface area contributed by atoms with Gasteiger partial charge in [0.05, 0.1) is 20.8 Å². The largest absolute Gasteiger partial charge is 0.487 e. The summed E-state index contributed by atoms with van der Waals surface area (Å²) in [6, 6.07) is 25.3. The molecule has 41 heavy (non-hydrogen) atoms. The molecule has 11 heteroatoms. The summed E-state index contributed by atoms with van der Waals surface area (Å²) in [6.07, 6.45) is 1.39. The van der Waals surface area contributed by atoms with Gasteiger partial charge in [0.15, 0.2) is 0 Å². The van der Waals surface area contributed by atoms with Gasteiger partial charge in [-0.05, 0) is 76.1 Å². The molecule has 1 fully saturated rings. The Labute approximate surface area is 251 Å². The number of para-hydroxylation sites is 2. The van der Waals surface area contributed by atoms with E-state index in [9.17, 15) is 24.5 Å². The summed E-state index contributed by atoms with van der Waals surface area (Å²) in [4.78, 5) is 53.5. The third kappa shape index (κ3) is 5.81. The Balaban J connectivity index is 1.57. The minimum absolute atomic E-state index is 0.0428. The molecule has 4 aromatic carbocycles. The molecule has 0 unspecified atom stereocenters. The molecule has 0 bridgehead atoms. The van der Waals surface area contributed by atoms with Gasteiger partial charge in [0.2, 0.25) is 0 Å². The van der Waals surface area contributed by atoms with Crippen LogP contribution in [-0.4, -0.2) is 22.8 Å². The Morgan fingerprint density at radius 2 is 1.32 bits per heavy atom. The van der Waals surface area contributed by atoms with E-state index >= 15 is 0 Å². The van der Waals surface area contributed by atoms with Crippen molar-refractivity contribution in [3.05, 3.63) is 133 Å². The van der Waals surface area contributed by atoms with Crippen LogP contribution in [0.25, 0.3) is 6.08 Å². The number of anilines is 2. The van der Waals surface area contributed by atoms with Crippen LogP contribution in [0.4, 0.5) is 21.9 Å². The van der Waals surface area contributed by atoms with Crippen LogP contribution in [0.15, 0.2) is 112 Å². The van der Waals surface area contributed by atoms with Gasteiger partial charge in [0.1, 0.15) is 17.9 Å². The molecule has 5 rings (SSSR count). The molecule has 4 aromatic rings. The number of benzene rings is 4. The molecule has 1 heterocycles. The van der Waals surface area contributed by atoms with Crippen molar-refractivity contribution in [1.29, 1.82) is 0 Å². The number of nitrogens with zero attached hydrogens (tertiary/aromatic N) is 3. The first-order valence-corrected chi connectivity index (χ1v) is 13.7. The number of rotatable bonds is 7. The van der Waals surface area contributed by atoms with Crippen molar-refractivity contribution in [2.24, 2.45) is 0 Å². The second-order valence-electron chi connectivity index (χ2n) is 8.81. The van der Waals surface area contributed by atoms with Crippen molar-refractivity contribution < 1.29 is 24.0 Å². The van der Waals surface area contributed by atoms with E-state index in [0.717, 1.165) is 9.80 Å². The number of non-ortho nitro benzene ring substituents is 1. The molecule has 9 nitrogen and oxygen atoms in total. The van der Waals surface area contributed by atoms with Gasteiger partial charge in [-0.3, -0.25) is 19.7 Å². The molecule has 0 saturated carbocycles. The standard InChI is InChI=1S/C30H19Br2N3O6/c31-21-15-20(27(26(32)17-21)41-18-19-11-13-24(14-12-19)35(39)40)16-25-28(36)33(22-7-3-1-4-8-22)30(38)34(29(25)37)23-9-5-2-6-10-23/h1-17H,18H2. The maximum atomic E-state index is 13.7. The molecule has 0 N–H and O–H groups in total. The predicted molar refractivity (Wildman–Crippen MR) is 160 cm³/mol. The van der Waals surface area contributed by atoms with Crippen molar-refractivity contribution >= 4 is 72.8 Å². The maximum absolute atomic E-state index is 13.7. The Morgan fingerprint density at radius 1 is 0.780 bits per heavy atom. The highest BCUT2D eigenvalue weighted by atomic mass is 79.9. The number of urea groups is 1. The number of carbonyl (C=O) groups is 3. The van der Waals surface area contributed by atoms with Crippen LogP contribution in [0.5, 0.6) is 5.75 Å². The van der Waals surface area contributed by atoms with Gasteiger partial charge in [-0.1, -0.05) is 52.3 Å². The topological polar surface area (TPSA) is 110 Å². The molecule has 4 amide bonds. The molecule has 0 aromatic heterocycles. The lowest BCUT2D eigenvalue weighted by Gasteiger charge is -2.34. The van der Waals surface area contributed by atoms with Gasteiger partial charge in [0.25, 0.3) is 17.5 Å². The lowest BCUT2D eigenvalue weighted by Crippen LogP contribution is -2.57. The van der Waals surface area contributed by atoms with Gasteiger partial charge in [0, 0.05) is 22.2 Å². The third-order valence-corrected chi connectivity index (χ3v) is 7.19. The first kappa shape index (κ1) is 27.9. The summed E-state index contributed by atoms with van der Waals surface area (Å²) < 4.78 is 7.25. The van der Waals surface area contributed by atoms with Crippen LogP contribution in [0, 0.1) is 10.1 Å². The van der Waals surface area contributed by atoms with E-state index in [1.807, 2.05) is 0 Å². The van der Waals surface area contributed by atoms with Crippen molar-refractivity contribution in [2.75, 3.05) is 9.80 Å². The van der Waals surface area contributed by atoms with Crippen molar-refractivity contribution in [3.63, 3.8) is 0 Å². The molecule has 1 aliphatic rings. The SMILES string of the molecule is O=C1C(=Cc2cc(Br)cc(Br)c2OCc2ccc([N+](=O)[O-])cc2)C(=O)N(c2ccccc2)C(=O)N1c1ccccc1. The molecule has 0 atom stereocenters. The Hall–Kier alpha value is -4.61. The fourth-order valence-electron chi connectivity index (χ4n) is 4.20. The minimum Gasteiger partial charge on any atom is -0.487 e. The van der Waals surface area contributed by atoms with Gasteiger partial charge in [-0.2, -0.15) is 0 Å². The summed E-state index contributed by atoms with van der Waals surface area (Å²) in [6.45, 7) is 0.0566. The molecule has 204 valence electrons. The summed E-state index contributed by atoms with van der Waals surface area (Å²) in [5.41, 5.74) is 1.39. The van der Waals surface area contributed by atoms with Crippen LogP contribution >= 0.6 is 31.9 Å². The zero-order valence-corrected chi connectivity index (χ0v) is 24.2. The minimum atomic E-state index is -0.792. The summed E-state index contributed by atoms with van der Waals surface area (Å²) >= 11 is 6.93. The number of nitro groups is 1. The second-order valence-corrected chi connectivity index (χ2v) is 10.6. The van der Waals surface area contributed by atoms with Crippen LogP contribution in [0.1, 0.15) is 11.1 Å². The zero-order chi connectivity index (χ0) is 29.1. The predicted octanol–water partition coefficient (Wildman–Crippen LogP) is 7.28. The van der Waals surface area contributed by atoms with Gasteiger partial charge >= 0.3 is 6.03 Å². The molecule has 0 radical (unpaired) electrons. The van der Waals surface area contributed by atoms with Gasteiger partial charge in [-0.25, -0.2) is 14.6 Å². The highest BCUT2D eigenvalue weighted by Crippen LogP contribution is 2.37. The molecular weight excluding hydrogens is 658 g/mol. The van der Waals surface area contributed by atoms with E-state index in [-0.39, 0.29) is 17.9 Å². The average molecular weight is 677 g/mol. The van der Waals surface area contributed by atoms with E-state index in [4.69, 9.17) is 4.74 Å². The first-order valence-electron chi connectivity index (χ1n) is 12.1. The zero-order valence-electron chi connectivity index (χ0n) is 21.1. The van der Waals surface area contributed by atoms with Crippen LogP contribution in [0.2, 0.25) is 0 Å². The summed E-state index contributed by atoms with van der Waals surface area (Å²) in [7, 11) is 0. The van der Waals surface area contributed by atoms with Gasteiger partial charge in [-0.15, -0.1) is 0 Å². The van der Waals surface area contributed by atoms with Crippen LogP contribution in [0.3, 0.4) is 0 Å². The number of barbiturate groups is 1. The van der Waals surface area contributed by atoms with Crippen LogP contribution < -0.4 is 14.5 Å². The number of halogens is 2. The molecule has 0 spiro atoms. The quantitative estimate of drug-likeness (QED) is 0.0881. The lowest BCUT2D eigenvalue weighted by molar-refractivity contribution is -0.384. The smallest absolute Gasteiger partial charge is 0.343 e. The summed E-state index contributed by atoms with van der Waals surface area (Å²) in [5.74, 6) is -1.24. The number of ether oxygens (including phenoxy) is 1. The monoisotopic (exact) mass is 675 g/mol. The second kappa shape index (κ2) is 11.9. The molecular formula is C30H19Br2N3O6. The molecule has 0 aliphatic carbocycles. The first-order chi connectivity index (χ1) is 19.7. The number of nitro benzene ring substituents is 1. The number of amides is 4. The van der Waals surface area contributed by atoms with Gasteiger partial charge < -0.3 is 4.74 Å². The van der Waals surface area contributed by atoms with E-state index in [1.54, 1.807) is 84.9 Å². The molecule has 1 aliphatic heterocycles. The Kier molecular flexibility index (Phi) is 8.09. The highest BCUT2D eigenvalue weighted by molar-refractivity contribution is 9.11. The molecule has 1 saturated heterocycles.